The van der Waals surface area contributed by atoms with Crippen molar-refractivity contribution in [2.75, 3.05) is 37.5 Å². The largest absolute Gasteiger partial charge is 0.465 e. The van der Waals surface area contributed by atoms with Gasteiger partial charge in [-0.2, -0.15) is 0 Å². The summed E-state index contributed by atoms with van der Waals surface area (Å²) in [5.41, 5.74) is 1.94. The number of amides is 2. The number of esters is 1. The van der Waals surface area contributed by atoms with E-state index >= 15 is 0 Å². The van der Waals surface area contributed by atoms with Gasteiger partial charge in [-0.15, -0.1) is 11.3 Å². The van der Waals surface area contributed by atoms with Crippen LogP contribution in [0.2, 0.25) is 4.34 Å². The first kappa shape index (κ1) is 19.5. The molecular weight excluding hydrogens is 386 g/mol. The molecule has 1 aromatic carbocycles. The number of methoxy groups -OCH3 is 1. The van der Waals surface area contributed by atoms with Gasteiger partial charge in [0.1, 0.15) is 0 Å². The molecule has 6 nitrogen and oxygen atoms in total. The minimum absolute atomic E-state index is 0.248. The van der Waals surface area contributed by atoms with Gasteiger partial charge in [0, 0.05) is 25.0 Å². The predicted molar refractivity (Wildman–Crippen MR) is 109 cm³/mol. The van der Waals surface area contributed by atoms with Crippen LogP contribution in [0.15, 0.2) is 30.3 Å². The van der Waals surface area contributed by atoms with Gasteiger partial charge in [0.2, 0.25) is 0 Å². The van der Waals surface area contributed by atoms with Gasteiger partial charge in [-0.25, -0.2) is 9.59 Å². The fourth-order valence-corrected chi connectivity index (χ4v) is 4.21. The lowest BCUT2D eigenvalue weighted by molar-refractivity contribution is 0.0600. The first-order chi connectivity index (χ1) is 13.0. The number of anilines is 2. The van der Waals surface area contributed by atoms with Gasteiger partial charge in [0.15, 0.2) is 0 Å². The third-order valence-electron chi connectivity index (χ3n) is 4.47. The van der Waals surface area contributed by atoms with Crippen molar-refractivity contribution in [1.29, 1.82) is 0 Å². The van der Waals surface area contributed by atoms with E-state index in [2.05, 4.69) is 10.2 Å². The predicted octanol–water partition coefficient (Wildman–Crippen LogP) is 4.45. The molecule has 1 aromatic heterocycles. The van der Waals surface area contributed by atoms with Crippen molar-refractivity contribution in [3.63, 3.8) is 0 Å². The van der Waals surface area contributed by atoms with Crippen molar-refractivity contribution in [3.8, 4) is 0 Å². The Labute approximate surface area is 167 Å². The molecule has 2 aromatic rings. The van der Waals surface area contributed by atoms with Crippen LogP contribution in [0.3, 0.4) is 0 Å². The average molecular weight is 408 g/mol. The summed E-state index contributed by atoms with van der Waals surface area (Å²) in [5.74, 6) is -0.431. The maximum Gasteiger partial charge on any atom is 0.337 e. The zero-order chi connectivity index (χ0) is 19.4. The third kappa shape index (κ3) is 4.73. The number of thiophene rings is 1. The highest BCUT2D eigenvalue weighted by Crippen LogP contribution is 2.31. The van der Waals surface area contributed by atoms with Crippen LogP contribution in [0.5, 0.6) is 0 Å². The van der Waals surface area contributed by atoms with Crippen LogP contribution < -0.4 is 10.2 Å². The minimum atomic E-state index is -0.431. The lowest BCUT2D eigenvalue weighted by Crippen LogP contribution is -2.31. The van der Waals surface area contributed by atoms with Crippen molar-refractivity contribution in [2.45, 2.75) is 19.4 Å². The van der Waals surface area contributed by atoms with Gasteiger partial charge < -0.3 is 19.9 Å². The van der Waals surface area contributed by atoms with Crippen LogP contribution in [0.4, 0.5) is 16.2 Å². The first-order valence-corrected chi connectivity index (χ1v) is 9.91. The van der Waals surface area contributed by atoms with E-state index in [0.717, 1.165) is 36.5 Å². The quantitative estimate of drug-likeness (QED) is 0.743. The molecular formula is C19H22ClN3O3S. The van der Waals surface area contributed by atoms with E-state index in [4.69, 9.17) is 16.3 Å². The summed E-state index contributed by atoms with van der Waals surface area (Å²) in [6.45, 7) is 2.33. The second kappa shape index (κ2) is 8.63. The number of benzene rings is 1. The molecule has 144 valence electrons. The molecule has 0 saturated carbocycles. The molecule has 0 spiro atoms. The zero-order valence-corrected chi connectivity index (χ0v) is 16.9. The normalized spacial score (nSPS) is 13.5. The number of urea groups is 1. The van der Waals surface area contributed by atoms with E-state index in [1.165, 1.54) is 18.4 Å². The molecule has 2 amide bonds. The van der Waals surface area contributed by atoms with Gasteiger partial charge in [-0.05, 0) is 43.2 Å². The topological polar surface area (TPSA) is 61.9 Å². The second-order valence-electron chi connectivity index (χ2n) is 6.41. The highest BCUT2D eigenvalue weighted by molar-refractivity contribution is 7.16. The van der Waals surface area contributed by atoms with E-state index in [-0.39, 0.29) is 6.03 Å². The molecule has 0 aliphatic carbocycles. The first-order valence-electron chi connectivity index (χ1n) is 8.71. The maximum atomic E-state index is 12.7. The standard InChI is InChI=1S/C19H22ClN3O3S/c1-22(12-14-6-8-17(20)27-14)19(25)21-15-11-13(18(24)26-2)5-7-16(15)23-9-3-4-10-23/h5-8,11H,3-4,9-10,12H2,1-2H3,(H,21,25). The molecule has 1 fully saturated rings. The van der Waals surface area contributed by atoms with Gasteiger partial charge in [-0.3, -0.25) is 0 Å². The average Bonchev–Trinajstić information content (AvgIpc) is 3.32. The Morgan fingerprint density at radius 1 is 1.26 bits per heavy atom. The monoisotopic (exact) mass is 407 g/mol. The summed E-state index contributed by atoms with van der Waals surface area (Å²) in [6.07, 6.45) is 2.23. The number of hydrogen-bond acceptors (Lipinski definition) is 5. The lowest BCUT2D eigenvalue weighted by Gasteiger charge is -2.24. The summed E-state index contributed by atoms with van der Waals surface area (Å²) in [7, 11) is 3.07. The number of ether oxygens (including phenoxy) is 1. The smallest absolute Gasteiger partial charge is 0.337 e. The number of carbonyl (C=O) groups is 2. The molecule has 0 radical (unpaired) electrons. The van der Waals surface area contributed by atoms with Crippen molar-refractivity contribution in [3.05, 3.63) is 45.1 Å². The summed E-state index contributed by atoms with van der Waals surface area (Å²) in [5, 5.41) is 2.94. The number of halogens is 1. The number of nitrogens with one attached hydrogen (secondary N) is 1. The van der Waals surface area contributed by atoms with Gasteiger partial charge in [0.25, 0.3) is 0 Å². The highest BCUT2D eigenvalue weighted by Gasteiger charge is 2.20. The van der Waals surface area contributed by atoms with E-state index in [0.29, 0.717) is 22.1 Å². The van der Waals surface area contributed by atoms with Crippen LogP contribution in [0.1, 0.15) is 28.1 Å². The minimum Gasteiger partial charge on any atom is -0.465 e. The Bertz CT molecular complexity index is 833. The third-order valence-corrected chi connectivity index (χ3v) is 5.69. The molecule has 0 unspecified atom stereocenters. The summed E-state index contributed by atoms with van der Waals surface area (Å²) in [4.78, 5) is 29.4. The molecule has 0 bridgehead atoms. The Morgan fingerprint density at radius 3 is 2.63 bits per heavy atom. The fraction of sp³-hybridized carbons (Fsp3) is 0.368. The van der Waals surface area contributed by atoms with Crippen LogP contribution in [0, 0.1) is 0 Å². The van der Waals surface area contributed by atoms with E-state index < -0.39 is 5.97 Å². The van der Waals surface area contributed by atoms with Crippen LogP contribution in [-0.2, 0) is 11.3 Å². The highest BCUT2D eigenvalue weighted by atomic mass is 35.5. The number of hydrogen-bond donors (Lipinski definition) is 1. The molecule has 1 N–H and O–H groups in total. The fourth-order valence-electron chi connectivity index (χ4n) is 3.07. The summed E-state index contributed by atoms with van der Waals surface area (Å²) >= 11 is 7.40. The molecule has 1 saturated heterocycles. The van der Waals surface area contributed by atoms with Crippen LogP contribution in [0.25, 0.3) is 0 Å². The number of carbonyl (C=O) groups excluding carboxylic acids is 2. The zero-order valence-electron chi connectivity index (χ0n) is 15.3. The Morgan fingerprint density at radius 2 is 2.00 bits per heavy atom. The Balaban J connectivity index is 1.79. The van der Waals surface area contributed by atoms with Crippen molar-refractivity contribution < 1.29 is 14.3 Å². The molecule has 27 heavy (non-hydrogen) atoms. The van der Waals surface area contributed by atoms with Crippen LogP contribution in [-0.4, -0.2) is 44.1 Å². The molecule has 1 aliphatic rings. The van der Waals surface area contributed by atoms with E-state index in [1.54, 1.807) is 24.1 Å². The SMILES string of the molecule is COC(=O)c1ccc(N2CCCC2)c(NC(=O)N(C)Cc2ccc(Cl)s2)c1. The number of nitrogens with zero attached hydrogens (tertiary/aromatic N) is 2. The van der Waals surface area contributed by atoms with Crippen molar-refractivity contribution in [2.24, 2.45) is 0 Å². The molecule has 1 aliphatic heterocycles. The van der Waals surface area contributed by atoms with E-state index in [9.17, 15) is 9.59 Å². The molecule has 0 atom stereocenters. The maximum absolute atomic E-state index is 12.7. The van der Waals surface area contributed by atoms with Gasteiger partial charge in [-0.1, -0.05) is 11.6 Å². The summed E-state index contributed by atoms with van der Waals surface area (Å²) in [6, 6.07) is 8.75. The second-order valence-corrected chi connectivity index (χ2v) is 8.21. The Kier molecular flexibility index (Phi) is 6.23. The molecule has 2 heterocycles. The molecule has 3 rings (SSSR count). The van der Waals surface area contributed by atoms with Crippen molar-refractivity contribution in [1.82, 2.24) is 4.90 Å². The lowest BCUT2D eigenvalue weighted by atomic mass is 10.1. The van der Waals surface area contributed by atoms with E-state index in [1.807, 2.05) is 18.2 Å². The summed E-state index contributed by atoms with van der Waals surface area (Å²) < 4.78 is 5.50. The van der Waals surface area contributed by atoms with Gasteiger partial charge >= 0.3 is 12.0 Å². The van der Waals surface area contributed by atoms with Gasteiger partial charge in [0.05, 0.1) is 34.9 Å². The molecule has 8 heteroatoms. The van der Waals surface area contributed by atoms with Crippen molar-refractivity contribution >= 4 is 46.3 Å². The number of rotatable bonds is 5. The van der Waals surface area contributed by atoms with Crippen LogP contribution >= 0.6 is 22.9 Å². The Hall–Kier alpha value is -2.25.